The number of hydrogen-bond acceptors (Lipinski definition) is 2. The SMILES string of the molecule is CCCCCn1cncc1CCN. The monoisotopic (exact) mass is 181 g/mol. The summed E-state index contributed by atoms with van der Waals surface area (Å²) in [5.41, 5.74) is 6.76. The van der Waals surface area contributed by atoms with E-state index < -0.39 is 0 Å². The highest BCUT2D eigenvalue weighted by molar-refractivity contribution is 4.98. The van der Waals surface area contributed by atoms with E-state index in [9.17, 15) is 0 Å². The summed E-state index contributed by atoms with van der Waals surface area (Å²) in [5, 5.41) is 0. The van der Waals surface area contributed by atoms with Crippen molar-refractivity contribution in [1.29, 1.82) is 0 Å². The van der Waals surface area contributed by atoms with E-state index in [2.05, 4.69) is 16.5 Å². The molecule has 13 heavy (non-hydrogen) atoms. The summed E-state index contributed by atoms with van der Waals surface area (Å²) >= 11 is 0. The first-order valence-corrected chi connectivity index (χ1v) is 5.07. The van der Waals surface area contributed by atoms with Crippen LogP contribution >= 0.6 is 0 Å². The predicted octanol–water partition coefficient (Wildman–Crippen LogP) is 1.57. The van der Waals surface area contributed by atoms with Crippen LogP contribution < -0.4 is 5.73 Å². The molecule has 0 amide bonds. The van der Waals surface area contributed by atoms with Gasteiger partial charge in [-0.2, -0.15) is 0 Å². The van der Waals surface area contributed by atoms with Crippen molar-refractivity contribution in [1.82, 2.24) is 9.55 Å². The molecule has 1 aromatic heterocycles. The van der Waals surface area contributed by atoms with E-state index in [0.29, 0.717) is 6.54 Å². The second kappa shape index (κ2) is 5.75. The number of hydrogen-bond donors (Lipinski definition) is 1. The standard InChI is InChI=1S/C10H19N3/c1-2-3-4-7-13-9-12-8-10(13)5-6-11/h8-9H,2-7,11H2,1H3. The lowest BCUT2D eigenvalue weighted by Gasteiger charge is -2.05. The van der Waals surface area contributed by atoms with Gasteiger partial charge in [0.2, 0.25) is 0 Å². The third-order valence-corrected chi connectivity index (χ3v) is 2.20. The number of aromatic nitrogens is 2. The van der Waals surface area contributed by atoms with Crippen molar-refractivity contribution in [3.8, 4) is 0 Å². The van der Waals surface area contributed by atoms with E-state index in [1.54, 1.807) is 0 Å². The zero-order valence-electron chi connectivity index (χ0n) is 8.37. The summed E-state index contributed by atoms with van der Waals surface area (Å²) < 4.78 is 2.21. The lowest BCUT2D eigenvalue weighted by molar-refractivity contribution is 0.583. The summed E-state index contributed by atoms with van der Waals surface area (Å²) in [6, 6.07) is 0. The van der Waals surface area contributed by atoms with Crippen molar-refractivity contribution in [3.05, 3.63) is 18.2 Å². The Bertz CT molecular complexity index is 230. The number of rotatable bonds is 6. The third kappa shape index (κ3) is 3.19. The first-order chi connectivity index (χ1) is 6.38. The van der Waals surface area contributed by atoms with Crippen LogP contribution in [0.5, 0.6) is 0 Å². The summed E-state index contributed by atoms with van der Waals surface area (Å²) in [4.78, 5) is 4.13. The Morgan fingerprint density at radius 2 is 2.31 bits per heavy atom. The lowest BCUT2D eigenvalue weighted by atomic mass is 10.2. The molecular formula is C10H19N3. The number of aryl methyl sites for hydroxylation is 1. The molecule has 0 aliphatic rings. The number of nitrogens with two attached hydrogens (primary N) is 1. The largest absolute Gasteiger partial charge is 0.335 e. The zero-order valence-corrected chi connectivity index (χ0v) is 8.37. The number of nitrogens with zero attached hydrogens (tertiary/aromatic N) is 2. The second-order valence-electron chi connectivity index (χ2n) is 3.32. The van der Waals surface area contributed by atoms with Gasteiger partial charge in [-0.05, 0) is 13.0 Å². The van der Waals surface area contributed by atoms with Crippen LogP contribution in [0, 0.1) is 0 Å². The van der Waals surface area contributed by atoms with Gasteiger partial charge in [-0.3, -0.25) is 0 Å². The van der Waals surface area contributed by atoms with E-state index in [4.69, 9.17) is 5.73 Å². The van der Waals surface area contributed by atoms with Crippen LogP contribution in [0.3, 0.4) is 0 Å². The van der Waals surface area contributed by atoms with Gasteiger partial charge in [0.05, 0.1) is 6.33 Å². The van der Waals surface area contributed by atoms with Crippen LogP contribution in [0.2, 0.25) is 0 Å². The van der Waals surface area contributed by atoms with Crippen molar-refractivity contribution in [2.24, 2.45) is 5.73 Å². The maximum absolute atomic E-state index is 5.50. The molecule has 0 aromatic carbocycles. The molecule has 0 atom stereocenters. The summed E-state index contributed by atoms with van der Waals surface area (Å²) in [5.74, 6) is 0. The molecule has 0 radical (unpaired) electrons. The van der Waals surface area contributed by atoms with Crippen LogP contribution in [0.4, 0.5) is 0 Å². The third-order valence-electron chi connectivity index (χ3n) is 2.20. The fraction of sp³-hybridized carbons (Fsp3) is 0.700. The minimum Gasteiger partial charge on any atom is -0.335 e. The predicted molar refractivity (Wildman–Crippen MR) is 54.5 cm³/mol. The molecule has 3 heteroatoms. The second-order valence-corrected chi connectivity index (χ2v) is 3.32. The van der Waals surface area contributed by atoms with Crippen LogP contribution in [0.1, 0.15) is 31.9 Å². The van der Waals surface area contributed by atoms with Crippen molar-refractivity contribution in [2.75, 3.05) is 6.54 Å². The van der Waals surface area contributed by atoms with Crippen molar-refractivity contribution in [3.63, 3.8) is 0 Å². The lowest BCUT2D eigenvalue weighted by Crippen LogP contribution is -2.08. The molecule has 0 saturated heterocycles. The highest BCUT2D eigenvalue weighted by Gasteiger charge is 1.99. The molecule has 74 valence electrons. The highest BCUT2D eigenvalue weighted by atomic mass is 15.0. The van der Waals surface area contributed by atoms with Gasteiger partial charge < -0.3 is 10.3 Å². The van der Waals surface area contributed by atoms with Gasteiger partial charge in [0, 0.05) is 24.9 Å². The minimum atomic E-state index is 0.708. The molecule has 0 aliphatic heterocycles. The van der Waals surface area contributed by atoms with E-state index >= 15 is 0 Å². The van der Waals surface area contributed by atoms with E-state index in [1.165, 1.54) is 25.0 Å². The Morgan fingerprint density at radius 1 is 1.46 bits per heavy atom. The van der Waals surface area contributed by atoms with Crippen molar-refractivity contribution in [2.45, 2.75) is 39.2 Å². The quantitative estimate of drug-likeness (QED) is 0.677. The van der Waals surface area contributed by atoms with E-state index in [0.717, 1.165) is 13.0 Å². The maximum atomic E-state index is 5.50. The van der Waals surface area contributed by atoms with Gasteiger partial charge in [0.15, 0.2) is 0 Å². The molecule has 2 N–H and O–H groups in total. The molecule has 0 aliphatic carbocycles. The smallest absolute Gasteiger partial charge is 0.0948 e. The Hall–Kier alpha value is -0.830. The topological polar surface area (TPSA) is 43.8 Å². The average molecular weight is 181 g/mol. The molecule has 1 aromatic rings. The molecule has 1 rings (SSSR count). The number of unbranched alkanes of at least 4 members (excludes halogenated alkanes) is 2. The van der Waals surface area contributed by atoms with Crippen LogP contribution in [-0.2, 0) is 13.0 Å². The van der Waals surface area contributed by atoms with E-state index in [-0.39, 0.29) is 0 Å². The Morgan fingerprint density at radius 3 is 3.00 bits per heavy atom. The first-order valence-electron chi connectivity index (χ1n) is 5.07. The van der Waals surface area contributed by atoms with E-state index in [1.807, 2.05) is 12.5 Å². The molecule has 3 nitrogen and oxygen atoms in total. The fourth-order valence-electron chi connectivity index (χ4n) is 1.44. The van der Waals surface area contributed by atoms with Crippen LogP contribution in [-0.4, -0.2) is 16.1 Å². The normalized spacial score (nSPS) is 10.6. The molecular weight excluding hydrogens is 162 g/mol. The van der Waals surface area contributed by atoms with Crippen LogP contribution in [0.25, 0.3) is 0 Å². The summed E-state index contributed by atoms with van der Waals surface area (Å²) in [6.07, 6.45) is 8.55. The molecule has 0 fully saturated rings. The maximum Gasteiger partial charge on any atom is 0.0948 e. The highest BCUT2D eigenvalue weighted by Crippen LogP contribution is 2.03. The Balaban J connectivity index is 2.40. The molecule has 0 saturated carbocycles. The van der Waals surface area contributed by atoms with Crippen LogP contribution in [0.15, 0.2) is 12.5 Å². The number of imidazole rings is 1. The average Bonchev–Trinajstić information content (AvgIpc) is 2.54. The molecule has 1 heterocycles. The summed E-state index contributed by atoms with van der Waals surface area (Å²) in [7, 11) is 0. The molecule has 0 bridgehead atoms. The zero-order chi connectivity index (χ0) is 9.52. The van der Waals surface area contributed by atoms with Crippen molar-refractivity contribution >= 4 is 0 Å². The Kier molecular flexibility index (Phi) is 4.54. The van der Waals surface area contributed by atoms with Gasteiger partial charge in [-0.25, -0.2) is 4.98 Å². The van der Waals surface area contributed by atoms with Gasteiger partial charge in [0.25, 0.3) is 0 Å². The summed E-state index contributed by atoms with van der Waals surface area (Å²) in [6.45, 7) is 4.01. The van der Waals surface area contributed by atoms with Gasteiger partial charge >= 0.3 is 0 Å². The van der Waals surface area contributed by atoms with Gasteiger partial charge in [-0.1, -0.05) is 19.8 Å². The fourth-order valence-corrected chi connectivity index (χ4v) is 1.44. The van der Waals surface area contributed by atoms with Crippen molar-refractivity contribution < 1.29 is 0 Å². The molecule has 0 spiro atoms. The van der Waals surface area contributed by atoms with Gasteiger partial charge in [-0.15, -0.1) is 0 Å². The minimum absolute atomic E-state index is 0.708. The first kappa shape index (κ1) is 10.3. The van der Waals surface area contributed by atoms with Gasteiger partial charge in [0.1, 0.15) is 0 Å². The molecule has 0 unspecified atom stereocenters. The Labute approximate surface area is 80.0 Å².